The monoisotopic (exact) mass is 1020 g/mol. The Morgan fingerprint density at radius 2 is 1.27 bits per heavy atom. The zero-order chi connectivity index (χ0) is 51.4. The summed E-state index contributed by atoms with van der Waals surface area (Å²) in [4.78, 5) is 55.5. The lowest BCUT2D eigenvalue weighted by molar-refractivity contribution is -0.387. The minimum Gasteiger partial charge on any atom is -0.449 e. The standard InChI is InChI=1S/C58H55ClN4O9S/c1-62(56(65)42(37-41-21-5-2-6-22-41)38-55(64)72-58(43-23-7-3-8-24-43,44-25-9-4-10-26-44)51-32-15-16-33-52(51)59)45(27-19-20-36-61-73(69,70)54-35-18-17-34-53(54)63(67)68)39-60-57(66)71-40-50-48-30-13-11-28-46(48)47-29-12-14-31-49(47)50/h2-18,21-26,28-35,42,45,50,61H,19-20,27,36-40H2,1H3,(H,60,66)/t42-,45+/m1/s1. The summed E-state index contributed by atoms with van der Waals surface area (Å²) in [5.74, 6) is -2.17. The van der Waals surface area contributed by atoms with Crippen LogP contribution < -0.4 is 10.0 Å². The van der Waals surface area contributed by atoms with Gasteiger partial charge in [0.05, 0.1) is 17.3 Å². The van der Waals surface area contributed by atoms with Gasteiger partial charge >= 0.3 is 12.1 Å². The maximum atomic E-state index is 15.1. The van der Waals surface area contributed by atoms with Crippen molar-refractivity contribution in [3.63, 3.8) is 0 Å². The number of benzene rings is 7. The van der Waals surface area contributed by atoms with Crippen LogP contribution in [0.1, 0.15) is 65.0 Å². The van der Waals surface area contributed by atoms with E-state index in [1.807, 2.05) is 140 Å². The number of alkyl carbamates (subject to hydrolysis) is 1. The number of halogens is 1. The highest BCUT2D eigenvalue weighted by atomic mass is 35.5. The van der Waals surface area contributed by atoms with Gasteiger partial charge in [0.15, 0.2) is 10.5 Å². The van der Waals surface area contributed by atoms with Crippen LogP contribution in [-0.4, -0.2) is 69.0 Å². The van der Waals surface area contributed by atoms with Gasteiger partial charge in [0.25, 0.3) is 5.69 Å². The number of esters is 1. The van der Waals surface area contributed by atoms with E-state index in [4.69, 9.17) is 21.1 Å². The second-order valence-corrected chi connectivity index (χ2v) is 20.0. The van der Waals surface area contributed by atoms with Gasteiger partial charge in [-0.15, -0.1) is 0 Å². The van der Waals surface area contributed by atoms with E-state index in [0.717, 1.165) is 33.9 Å². The van der Waals surface area contributed by atoms with Crippen LogP contribution >= 0.6 is 11.6 Å². The SMILES string of the molecule is CN(C(=O)[C@@H](CC(=O)OC(c1ccccc1)(c1ccccc1)c1ccccc1Cl)Cc1ccccc1)[C@@H](CCCCNS(=O)(=O)c1ccccc1[N+](=O)[O-])CNC(=O)OCC1c2ccccc2-c2ccccc21. The Kier molecular flexibility index (Phi) is 16.8. The van der Waals surface area contributed by atoms with E-state index in [1.54, 1.807) is 19.2 Å². The van der Waals surface area contributed by atoms with Crippen molar-refractivity contribution in [3.8, 4) is 11.1 Å². The number of nitrogens with zero attached hydrogens (tertiary/aromatic N) is 2. The number of sulfonamides is 1. The minimum atomic E-state index is -4.24. The molecular formula is C58H55ClN4O9S. The summed E-state index contributed by atoms with van der Waals surface area (Å²) in [6.07, 6.45) is 0.102. The molecule has 0 saturated heterocycles. The normalized spacial score (nSPS) is 13.0. The molecule has 8 rings (SSSR count). The molecule has 7 aromatic carbocycles. The average molecular weight is 1020 g/mol. The summed E-state index contributed by atoms with van der Waals surface area (Å²) in [5.41, 5.74) is 4.86. The molecule has 0 aliphatic heterocycles. The van der Waals surface area contributed by atoms with Crippen molar-refractivity contribution in [2.24, 2.45) is 5.92 Å². The highest BCUT2D eigenvalue weighted by Gasteiger charge is 2.43. The third-order valence-electron chi connectivity index (χ3n) is 13.3. The number of rotatable bonds is 22. The number of carbonyl (C=O) groups excluding carboxylic acids is 3. The molecule has 0 aromatic heterocycles. The van der Waals surface area contributed by atoms with Gasteiger partial charge in [-0.3, -0.25) is 19.7 Å². The second-order valence-electron chi connectivity index (χ2n) is 17.9. The zero-order valence-corrected chi connectivity index (χ0v) is 41.7. The summed E-state index contributed by atoms with van der Waals surface area (Å²) in [5, 5.41) is 14.9. The third kappa shape index (κ3) is 12.0. The highest BCUT2D eigenvalue weighted by molar-refractivity contribution is 7.89. The molecule has 0 radical (unpaired) electrons. The number of carbonyl (C=O) groups is 3. The number of unbranched alkanes of at least 4 members (excludes halogenated alkanes) is 1. The van der Waals surface area contributed by atoms with E-state index in [-0.39, 0.29) is 50.8 Å². The fourth-order valence-electron chi connectivity index (χ4n) is 9.68. The largest absolute Gasteiger partial charge is 0.449 e. The van der Waals surface area contributed by atoms with Gasteiger partial charge in [0, 0.05) is 59.9 Å². The van der Waals surface area contributed by atoms with Crippen molar-refractivity contribution < 1.29 is 37.2 Å². The first-order chi connectivity index (χ1) is 35.4. The number of hydrogen-bond acceptors (Lipinski definition) is 9. The average Bonchev–Trinajstić information content (AvgIpc) is 3.74. The number of nitro benzene ring substituents is 1. The number of likely N-dealkylation sites (N-methyl/N-ethyl adjacent to an activating group) is 1. The number of para-hydroxylation sites is 1. The van der Waals surface area contributed by atoms with Gasteiger partial charge in [0.2, 0.25) is 15.9 Å². The maximum Gasteiger partial charge on any atom is 0.407 e. The lowest BCUT2D eigenvalue weighted by Crippen LogP contribution is -2.48. The van der Waals surface area contributed by atoms with Crippen LogP contribution in [-0.2, 0) is 41.1 Å². The quantitative estimate of drug-likeness (QED) is 0.0220. The molecule has 1 aliphatic rings. The number of amides is 2. The molecule has 13 nitrogen and oxygen atoms in total. The van der Waals surface area contributed by atoms with Gasteiger partial charge in [-0.05, 0) is 59.2 Å². The first kappa shape index (κ1) is 51.7. The molecular weight excluding hydrogens is 964 g/mol. The summed E-state index contributed by atoms with van der Waals surface area (Å²) in [6, 6.07) is 55.6. The lowest BCUT2D eigenvalue weighted by Gasteiger charge is -2.36. The van der Waals surface area contributed by atoms with Crippen LogP contribution in [0.4, 0.5) is 10.5 Å². The zero-order valence-electron chi connectivity index (χ0n) is 40.1. The molecule has 2 atom stereocenters. The van der Waals surface area contributed by atoms with Gasteiger partial charge in [-0.25, -0.2) is 17.9 Å². The van der Waals surface area contributed by atoms with E-state index in [2.05, 4.69) is 22.2 Å². The maximum absolute atomic E-state index is 15.1. The van der Waals surface area contributed by atoms with Crippen molar-refractivity contribution in [1.29, 1.82) is 0 Å². The molecule has 0 heterocycles. The van der Waals surface area contributed by atoms with E-state index in [9.17, 15) is 28.1 Å². The predicted octanol–water partition coefficient (Wildman–Crippen LogP) is 10.8. The molecule has 7 aromatic rings. The number of nitrogens with one attached hydrogen (secondary N) is 2. The Hall–Kier alpha value is -7.65. The molecule has 73 heavy (non-hydrogen) atoms. The Bertz CT molecular complexity index is 3080. The van der Waals surface area contributed by atoms with Gasteiger partial charge in [-0.2, -0.15) is 0 Å². The molecule has 0 unspecified atom stereocenters. The van der Waals surface area contributed by atoms with Crippen molar-refractivity contribution in [3.05, 3.63) is 237 Å². The Morgan fingerprint density at radius 3 is 1.89 bits per heavy atom. The molecule has 0 spiro atoms. The van der Waals surface area contributed by atoms with Crippen LogP contribution in [0.3, 0.4) is 0 Å². The number of fused-ring (bicyclic) bond motifs is 3. The van der Waals surface area contributed by atoms with E-state index >= 15 is 4.79 Å². The van der Waals surface area contributed by atoms with Crippen LogP contribution in [0.5, 0.6) is 0 Å². The van der Waals surface area contributed by atoms with Crippen LogP contribution in [0, 0.1) is 16.0 Å². The highest BCUT2D eigenvalue weighted by Crippen LogP contribution is 2.45. The number of ether oxygens (including phenoxy) is 2. The molecule has 374 valence electrons. The molecule has 15 heteroatoms. The number of hydrogen-bond donors (Lipinski definition) is 2. The lowest BCUT2D eigenvalue weighted by atomic mass is 9.80. The predicted molar refractivity (Wildman–Crippen MR) is 280 cm³/mol. The molecule has 0 saturated carbocycles. The summed E-state index contributed by atoms with van der Waals surface area (Å²) in [7, 11) is -2.62. The first-order valence-corrected chi connectivity index (χ1v) is 25.9. The van der Waals surface area contributed by atoms with Crippen LogP contribution in [0.15, 0.2) is 193 Å². The minimum absolute atomic E-state index is 0.0407. The molecule has 1 aliphatic carbocycles. The van der Waals surface area contributed by atoms with Gasteiger partial charge in [0.1, 0.15) is 6.61 Å². The van der Waals surface area contributed by atoms with Gasteiger partial charge < -0.3 is 19.7 Å². The fourth-order valence-corrected chi connectivity index (χ4v) is 11.2. The smallest absolute Gasteiger partial charge is 0.407 e. The molecule has 0 fully saturated rings. The summed E-state index contributed by atoms with van der Waals surface area (Å²) in [6.45, 7) is -0.0278. The topological polar surface area (TPSA) is 174 Å². The van der Waals surface area contributed by atoms with Crippen molar-refractivity contribution in [2.45, 2.75) is 54.6 Å². The Labute approximate surface area is 430 Å². The van der Waals surface area contributed by atoms with Crippen molar-refractivity contribution in [1.82, 2.24) is 14.9 Å². The molecule has 2 amide bonds. The fraction of sp³-hybridized carbons (Fsp3) is 0.224. The first-order valence-electron chi connectivity index (χ1n) is 24.1. The van der Waals surface area contributed by atoms with Crippen molar-refractivity contribution >= 4 is 45.3 Å². The second kappa shape index (κ2) is 23.7. The van der Waals surface area contributed by atoms with Gasteiger partial charge in [-0.1, -0.05) is 188 Å². The summed E-state index contributed by atoms with van der Waals surface area (Å²) < 4.78 is 41.5. The Balaban J connectivity index is 1.03. The van der Waals surface area contributed by atoms with Crippen LogP contribution in [0.2, 0.25) is 5.02 Å². The van der Waals surface area contributed by atoms with Crippen LogP contribution in [0.25, 0.3) is 11.1 Å². The Morgan fingerprint density at radius 1 is 0.726 bits per heavy atom. The number of nitro groups is 1. The molecule has 0 bridgehead atoms. The van der Waals surface area contributed by atoms with Crippen molar-refractivity contribution in [2.75, 3.05) is 26.7 Å². The van der Waals surface area contributed by atoms with E-state index in [0.29, 0.717) is 34.6 Å². The van der Waals surface area contributed by atoms with E-state index in [1.165, 1.54) is 23.1 Å². The van der Waals surface area contributed by atoms with E-state index < -0.39 is 55.2 Å². The third-order valence-corrected chi connectivity index (χ3v) is 15.1. The molecule has 2 N–H and O–H groups in total. The summed E-state index contributed by atoms with van der Waals surface area (Å²) >= 11 is 6.96.